The van der Waals surface area contributed by atoms with Crippen molar-refractivity contribution in [1.29, 1.82) is 0 Å². The molecule has 116 valence electrons. The second kappa shape index (κ2) is 6.29. The monoisotopic (exact) mass is 311 g/mol. The highest BCUT2D eigenvalue weighted by Crippen LogP contribution is 2.31. The summed E-state index contributed by atoms with van der Waals surface area (Å²) >= 11 is 0. The molecule has 6 nitrogen and oxygen atoms in total. The summed E-state index contributed by atoms with van der Waals surface area (Å²) in [5.41, 5.74) is 5.44. The van der Waals surface area contributed by atoms with E-state index < -0.39 is 11.7 Å². The number of nitrogens with zero attached hydrogens (tertiary/aromatic N) is 3. The molecule has 0 radical (unpaired) electrons. The number of hydrogen-bond donors (Lipinski definition) is 2. The molecule has 0 spiro atoms. The molecule has 0 saturated heterocycles. The van der Waals surface area contributed by atoms with Crippen LogP contribution in [0.4, 0.5) is 30.5 Å². The number of nitrogen functional groups attached to an aromatic ring is 1. The highest BCUT2D eigenvalue weighted by molar-refractivity contribution is 5.92. The zero-order chi connectivity index (χ0) is 16.2. The third kappa shape index (κ3) is 3.62. The van der Waals surface area contributed by atoms with Gasteiger partial charge in [-0.2, -0.15) is 13.2 Å². The number of nitrogens with one attached hydrogen (secondary N) is 1. The molecule has 0 aliphatic heterocycles. The standard InChI is InChI=1S/C13H12F3N5O/c1-22-20-6-10-11(17)18-7-19-12(10)21-9-4-2-3-8(5-9)13(14,15)16/h2-7H,1H3,(H3,17,18,19,21)/b20-6+. The first-order valence-corrected chi connectivity index (χ1v) is 6.03. The summed E-state index contributed by atoms with van der Waals surface area (Å²) in [5, 5.41) is 6.31. The molecule has 22 heavy (non-hydrogen) atoms. The van der Waals surface area contributed by atoms with Crippen molar-refractivity contribution in [1.82, 2.24) is 9.97 Å². The van der Waals surface area contributed by atoms with Gasteiger partial charge in [-0.3, -0.25) is 0 Å². The van der Waals surface area contributed by atoms with Gasteiger partial charge in [0.15, 0.2) is 0 Å². The maximum absolute atomic E-state index is 12.7. The predicted molar refractivity (Wildman–Crippen MR) is 75.8 cm³/mol. The molecule has 0 aliphatic rings. The van der Waals surface area contributed by atoms with Gasteiger partial charge >= 0.3 is 6.18 Å². The van der Waals surface area contributed by atoms with Crippen LogP contribution >= 0.6 is 0 Å². The van der Waals surface area contributed by atoms with Gasteiger partial charge in [0, 0.05) is 5.69 Å². The largest absolute Gasteiger partial charge is 0.416 e. The fourth-order valence-corrected chi connectivity index (χ4v) is 1.65. The van der Waals surface area contributed by atoms with Crippen molar-refractivity contribution in [3.05, 3.63) is 41.7 Å². The molecule has 0 unspecified atom stereocenters. The molecule has 0 bridgehead atoms. The molecule has 0 saturated carbocycles. The third-order valence-electron chi connectivity index (χ3n) is 2.65. The van der Waals surface area contributed by atoms with Crippen molar-refractivity contribution < 1.29 is 18.0 Å². The van der Waals surface area contributed by atoms with Crippen LogP contribution in [-0.4, -0.2) is 23.3 Å². The second-order valence-corrected chi connectivity index (χ2v) is 4.14. The van der Waals surface area contributed by atoms with Gasteiger partial charge in [-0.15, -0.1) is 0 Å². The summed E-state index contributed by atoms with van der Waals surface area (Å²) in [4.78, 5) is 12.3. The van der Waals surface area contributed by atoms with Gasteiger partial charge in [0.05, 0.1) is 17.3 Å². The minimum Gasteiger partial charge on any atom is -0.399 e. The Morgan fingerprint density at radius 1 is 1.32 bits per heavy atom. The number of halogens is 3. The van der Waals surface area contributed by atoms with Crippen molar-refractivity contribution in [3.8, 4) is 0 Å². The summed E-state index contributed by atoms with van der Waals surface area (Å²) in [7, 11) is 1.34. The van der Waals surface area contributed by atoms with Crippen LogP contribution in [-0.2, 0) is 11.0 Å². The highest BCUT2D eigenvalue weighted by Gasteiger charge is 2.30. The van der Waals surface area contributed by atoms with Gasteiger partial charge in [-0.1, -0.05) is 11.2 Å². The van der Waals surface area contributed by atoms with Crippen molar-refractivity contribution in [2.45, 2.75) is 6.18 Å². The molecule has 0 amide bonds. The van der Waals surface area contributed by atoms with Crippen molar-refractivity contribution in [2.75, 3.05) is 18.2 Å². The van der Waals surface area contributed by atoms with Gasteiger partial charge in [0.2, 0.25) is 0 Å². The fraction of sp³-hybridized carbons (Fsp3) is 0.154. The molecule has 1 heterocycles. The van der Waals surface area contributed by atoms with Crippen LogP contribution in [0.1, 0.15) is 11.1 Å². The quantitative estimate of drug-likeness (QED) is 0.670. The van der Waals surface area contributed by atoms with Gasteiger partial charge in [-0.05, 0) is 18.2 Å². The Hall–Kier alpha value is -2.84. The minimum atomic E-state index is -4.43. The lowest BCUT2D eigenvalue weighted by Crippen LogP contribution is -2.07. The Kier molecular flexibility index (Phi) is 4.44. The van der Waals surface area contributed by atoms with Gasteiger partial charge < -0.3 is 15.9 Å². The van der Waals surface area contributed by atoms with E-state index in [1.807, 2.05) is 0 Å². The molecule has 2 rings (SSSR count). The lowest BCUT2D eigenvalue weighted by Gasteiger charge is -2.12. The number of alkyl halides is 3. The summed E-state index contributed by atoms with van der Waals surface area (Å²) in [6.45, 7) is 0. The van der Waals surface area contributed by atoms with Crippen molar-refractivity contribution in [3.63, 3.8) is 0 Å². The topological polar surface area (TPSA) is 85.4 Å². The SMILES string of the molecule is CO/N=C/c1c(N)ncnc1Nc1cccc(C(F)(F)F)c1. The van der Waals surface area contributed by atoms with Crippen LogP contribution in [0.25, 0.3) is 0 Å². The molecule has 1 aromatic heterocycles. The van der Waals surface area contributed by atoms with Gasteiger partial charge in [0.25, 0.3) is 0 Å². The van der Waals surface area contributed by atoms with Crippen LogP contribution in [0.2, 0.25) is 0 Å². The first-order valence-electron chi connectivity index (χ1n) is 6.03. The molecule has 3 N–H and O–H groups in total. The minimum absolute atomic E-state index is 0.116. The highest BCUT2D eigenvalue weighted by atomic mass is 19.4. The van der Waals surface area contributed by atoms with E-state index in [-0.39, 0.29) is 17.3 Å². The Labute approximate surface area is 123 Å². The number of anilines is 3. The third-order valence-corrected chi connectivity index (χ3v) is 2.65. The number of aromatic nitrogens is 2. The van der Waals surface area contributed by atoms with E-state index >= 15 is 0 Å². The molecule has 0 fully saturated rings. The average Bonchev–Trinajstić information content (AvgIpc) is 2.46. The van der Waals surface area contributed by atoms with Crippen LogP contribution < -0.4 is 11.1 Å². The zero-order valence-corrected chi connectivity index (χ0v) is 11.4. The first-order chi connectivity index (χ1) is 10.4. The Balaban J connectivity index is 2.35. The molecule has 2 aromatic rings. The summed E-state index contributed by atoms with van der Waals surface area (Å²) in [6.07, 6.45) is -1.97. The number of hydrogen-bond acceptors (Lipinski definition) is 6. The van der Waals surface area contributed by atoms with Crippen molar-refractivity contribution in [2.24, 2.45) is 5.16 Å². The number of nitrogens with two attached hydrogens (primary N) is 1. The molecular weight excluding hydrogens is 299 g/mol. The first kappa shape index (κ1) is 15.5. The average molecular weight is 311 g/mol. The van der Waals surface area contributed by atoms with Gasteiger partial charge in [0.1, 0.15) is 25.1 Å². The molecule has 1 aromatic carbocycles. The number of rotatable bonds is 4. The van der Waals surface area contributed by atoms with Crippen LogP contribution in [0.15, 0.2) is 35.7 Å². The van der Waals surface area contributed by atoms with E-state index in [1.165, 1.54) is 31.8 Å². The summed E-state index contributed by atoms with van der Waals surface area (Å²) < 4.78 is 38.1. The van der Waals surface area contributed by atoms with Crippen LogP contribution in [0, 0.1) is 0 Å². The fourth-order valence-electron chi connectivity index (χ4n) is 1.65. The lowest BCUT2D eigenvalue weighted by atomic mass is 10.2. The molecule has 0 aliphatic carbocycles. The van der Waals surface area contributed by atoms with Gasteiger partial charge in [-0.25, -0.2) is 9.97 Å². The van der Waals surface area contributed by atoms with Crippen molar-refractivity contribution >= 4 is 23.5 Å². The van der Waals surface area contributed by atoms with E-state index in [9.17, 15) is 13.2 Å². The molecule has 9 heteroatoms. The molecule has 0 atom stereocenters. The maximum Gasteiger partial charge on any atom is 0.416 e. The van der Waals surface area contributed by atoms with Crippen LogP contribution in [0.5, 0.6) is 0 Å². The maximum atomic E-state index is 12.7. The predicted octanol–water partition coefficient (Wildman–Crippen LogP) is 2.80. The Morgan fingerprint density at radius 3 is 2.77 bits per heavy atom. The Bertz CT molecular complexity index is 688. The van der Waals surface area contributed by atoms with E-state index in [0.29, 0.717) is 5.56 Å². The van der Waals surface area contributed by atoms with Crippen LogP contribution in [0.3, 0.4) is 0 Å². The summed E-state index contributed by atoms with van der Waals surface area (Å²) in [5.74, 6) is 0.331. The molecular formula is C13H12F3N5O. The van der Waals surface area contributed by atoms with E-state index in [2.05, 4.69) is 25.3 Å². The van der Waals surface area contributed by atoms with E-state index in [1.54, 1.807) is 0 Å². The Morgan fingerprint density at radius 2 is 2.09 bits per heavy atom. The summed E-state index contributed by atoms with van der Waals surface area (Å²) in [6, 6.07) is 4.71. The zero-order valence-electron chi connectivity index (χ0n) is 11.4. The normalized spacial score (nSPS) is 11.6. The smallest absolute Gasteiger partial charge is 0.399 e. The van der Waals surface area contributed by atoms with E-state index in [4.69, 9.17) is 5.73 Å². The number of oxime groups is 1. The van der Waals surface area contributed by atoms with E-state index in [0.717, 1.165) is 12.1 Å². The lowest BCUT2D eigenvalue weighted by molar-refractivity contribution is -0.137. The number of benzene rings is 1. The second-order valence-electron chi connectivity index (χ2n) is 4.14.